The summed E-state index contributed by atoms with van der Waals surface area (Å²) >= 11 is 0. The zero-order chi connectivity index (χ0) is 13.7. The number of ether oxygens (including phenoxy) is 3. The van der Waals surface area contributed by atoms with Crippen LogP contribution in [0.3, 0.4) is 0 Å². The third-order valence-corrected chi connectivity index (χ3v) is 3.30. The monoisotopic (exact) mass is 265 g/mol. The number of methoxy groups -OCH3 is 3. The van der Waals surface area contributed by atoms with E-state index in [1.54, 1.807) is 21.3 Å². The minimum atomic E-state index is 0.292. The molecule has 1 N–H and O–H groups in total. The molecule has 1 aliphatic heterocycles. The summed E-state index contributed by atoms with van der Waals surface area (Å²) in [5.74, 6) is 2.07. The third kappa shape index (κ3) is 3.11. The van der Waals surface area contributed by atoms with Crippen molar-refractivity contribution in [1.29, 1.82) is 0 Å². The normalized spacial score (nSPS) is 19.0. The highest BCUT2D eigenvalue weighted by atomic mass is 16.5. The Hall–Kier alpha value is -1.46. The Bertz CT molecular complexity index is 417. The van der Waals surface area contributed by atoms with Crippen LogP contribution in [0.1, 0.15) is 5.56 Å². The van der Waals surface area contributed by atoms with Crippen molar-refractivity contribution < 1.29 is 14.2 Å². The van der Waals surface area contributed by atoms with Crippen LogP contribution in [0.15, 0.2) is 12.1 Å². The van der Waals surface area contributed by atoms with E-state index in [4.69, 9.17) is 14.2 Å². The van der Waals surface area contributed by atoms with Crippen LogP contribution in [-0.4, -0.2) is 47.0 Å². The standard InChI is InChI=1S/C14H21N2O3/c1-17-12-5-4-10(13(18-2)14(12)19-3)8-11-9-15-6-7-16-11/h4-5,11,15H,6-9H2,1-3H3. The van der Waals surface area contributed by atoms with Gasteiger partial charge in [-0.1, -0.05) is 6.07 Å². The molecule has 2 rings (SSSR count). The van der Waals surface area contributed by atoms with Crippen LogP contribution in [0.4, 0.5) is 0 Å². The van der Waals surface area contributed by atoms with Gasteiger partial charge in [0.2, 0.25) is 5.75 Å². The van der Waals surface area contributed by atoms with E-state index in [1.807, 2.05) is 12.1 Å². The second kappa shape index (κ2) is 6.63. The van der Waals surface area contributed by atoms with Crippen molar-refractivity contribution in [3.8, 4) is 17.2 Å². The third-order valence-electron chi connectivity index (χ3n) is 3.30. The number of nitrogens with one attached hydrogen (secondary N) is 1. The first-order valence-electron chi connectivity index (χ1n) is 6.45. The predicted octanol–water partition coefficient (Wildman–Crippen LogP) is 0.831. The molecular formula is C14H21N2O3. The number of hydrogen-bond donors (Lipinski definition) is 1. The fourth-order valence-corrected chi connectivity index (χ4v) is 2.37. The number of hydrogen-bond acceptors (Lipinski definition) is 4. The van der Waals surface area contributed by atoms with E-state index in [0.29, 0.717) is 17.5 Å². The Morgan fingerprint density at radius 2 is 1.95 bits per heavy atom. The Morgan fingerprint density at radius 3 is 2.53 bits per heavy atom. The molecule has 5 heteroatoms. The fourth-order valence-electron chi connectivity index (χ4n) is 2.37. The summed E-state index contributed by atoms with van der Waals surface area (Å²) in [5, 5.41) is 7.96. The summed E-state index contributed by atoms with van der Waals surface area (Å²) < 4.78 is 16.2. The van der Waals surface area contributed by atoms with E-state index in [0.717, 1.165) is 37.4 Å². The molecule has 0 bridgehead atoms. The molecule has 5 nitrogen and oxygen atoms in total. The first-order valence-corrected chi connectivity index (χ1v) is 6.45. The quantitative estimate of drug-likeness (QED) is 0.857. The molecule has 1 unspecified atom stereocenters. The average Bonchev–Trinajstić information content (AvgIpc) is 2.47. The predicted molar refractivity (Wildman–Crippen MR) is 73.5 cm³/mol. The summed E-state index contributed by atoms with van der Waals surface area (Å²) in [6.07, 6.45) is 0.844. The van der Waals surface area contributed by atoms with Crippen LogP contribution in [-0.2, 0) is 6.42 Å². The van der Waals surface area contributed by atoms with E-state index in [-0.39, 0.29) is 0 Å². The molecule has 19 heavy (non-hydrogen) atoms. The fraction of sp³-hybridized carbons (Fsp3) is 0.571. The smallest absolute Gasteiger partial charge is 0.203 e. The van der Waals surface area contributed by atoms with Gasteiger partial charge in [-0.25, -0.2) is 5.32 Å². The van der Waals surface area contributed by atoms with Gasteiger partial charge in [0.05, 0.1) is 21.3 Å². The van der Waals surface area contributed by atoms with Gasteiger partial charge in [0.1, 0.15) is 0 Å². The van der Waals surface area contributed by atoms with Crippen LogP contribution >= 0.6 is 0 Å². The molecule has 1 fully saturated rings. The van der Waals surface area contributed by atoms with Gasteiger partial charge in [-0.15, -0.1) is 0 Å². The van der Waals surface area contributed by atoms with E-state index < -0.39 is 0 Å². The van der Waals surface area contributed by atoms with Gasteiger partial charge < -0.3 is 19.5 Å². The highest BCUT2D eigenvalue weighted by Crippen LogP contribution is 2.40. The second-order valence-electron chi connectivity index (χ2n) is 4.46. The maximum Gasteiger partial charge on any atom is 0.203 e. The zero-order valence-corrected chi connectivity index (χ0v) is 11.7. The van der Waals surface area contributed by atoms with Crippen molar-refractivity contribution in [3.63, 3.8) is 0 Å². The topological polar surface area (TPSA) is 53.8 Å². The molecule has 1 aromatic carbocycles. The van der Waals surface area contributed by atoms with Crippen LogP contribution in [0.2, 0.25) is 0 Å². The van der Waals surface area contributed by atoms with Gasteiger partial charge in [0.15, 0.2) is 11.5 Å². The molecule has 0 aromatic heterocycles. The lowest BCUT2D eigenvalue weighted by Crippen LogP contribution is -2.45. The van der Waals surface area contributed by atoms with Gasteiger partial charge >= 0.3 is 0 Å². The number of rotatable bonds is 5. The van der Waals surface area contributed by atoms with Crippen molar-refractivity contribution in [3.05, 3.63) is 17.7 Å². The molecule has 1 heterocycles. The maximum atomic E-state index is 5.48. The van der Waals surface area contributed by atoms with Crippen molar-refractivity contribution >= 4 is 0 Å². The van der Waals surface area contributed by atoms with Gasteiger partial charge in [-0.05, 0) is 18.1 Å². The number of benzene rings is 1. The molecule has 0 spiro atoms. The molecule has 1 aromatic rings. The average molecular weight is 265 g/mol. The van der Waals surface area contributed by atoms with Gasteiger partial charge in [-0.3, -0.25) is 0 Å². The first kappa shape index (κ1) is 14.0. The molecule has 0 aliphatic carbocycles. The Morgan fingerprint density at radius 1 is 1.16 bits per heavy atom. The SMILES string of the molecule is COc1ccc(CC2CNCC[N]2)c(OC)c1OC. The highest BCUT2D eigenvalue weighted by Gasteiger charge is 2.20. The van der Waals surface area contributed by atoms with Crippen LogP contribution in [0.25, 0.3) is 0 Å². The molecule has 105 valence electrons. The highest BCUT2D eigenvalue weighted by molar-refractivity contribution is 5.56. The Labute approximate surface area is 114 Å². The molecule has 1 aliphatic rings. The molecule has 1 saturated heterocycles. The lowest BCUT2D eigenvalue weighted by molar-refractivity contribution is 0.320. The van der Waals surface area contributed by atoms with Gasteiger partial charge in [0, 0.05) is 25.7 Å². The van der Waals surface area contributed by atoms with E-state index in [2.05, 4.69) is 10.6 Å². The lowest BCUT2D eigenvalue weighted by atomic mass is 10.0. The summed E-state index contributed by atoms with van der Waals surface area (Å²) in [4.78, 5) is 0. The Kier molecular flexibility index (Phi) is 4.87. The molecular weight excluding hydrogens is 244 g/mol. The van der Waals surface area contributed by atoms with Crippen LogP contribution in [0.5, 0.6) is 17.2 Å². The van der Waals surface area contributed by atoms with E-state index >= 15 is 0 Å². The summed E-state index contributed by atoms with van der Waals surface area (Å²) in [6, 6.07) is 4.22. The lowest BCUT2D eigenvalue weighted by Gasteiger charge is -2.24. The minimum Gasteiger partial charge on any atom is -0.493 e. The maximum absolute atomic E-state index is 5.48. The molecule has 0 amide bonds. The zero-order valence-electron chi connectivity index (χ0n) is 11.7. The van der Waals surface area contributed by atoms with Crippen molar-refractivity contribution in [1.82, 2.24) is 10.6 Å². The van der Waals surface area contributed by atoms with Crippen LogP contribution < -0.4 is 24.8 Å². The molecule has 0 saturated carbocycles. The molecule has 1 atom stereocenters. The Balaban J connectivity index is 2.23. The van der Waals surface area contributed by atoms with Crippen molar-refractivity contribution in [2.45, 2.75) is 12.5 Å². The first-order chi connectivity index (χ1) is 9.30. The van der Waals surface area contributed by atoms with Gasteiger partial charge in [0.25, 0.3) is 0 Å². The van der Waals surface area contributed by atoms with E-state index in [9.17, 15) is 0 Å². The number of nitrogens with zero attached hydrogens (tertiary/aromatic N) is 1. The largest absolute Gasteiger partial charge is 0.493 e. The summed E-state index contributed by atoms with van der Waals surface area (Å²) in [6.45, 7) is 2.76. The van der Waals surface area contributed by atoms with Crippen molar-refractivity contribution in [2.75, 3.05) is 41.0 Å². The van der Waals surface area contributed by atoms with Crippen LogP contribution in [0, 0.1) is 0 Å². The minimum absolute atomic E-state index is 0.292. The second-order valence-corrected chi connectivity index (χ2v) is 4.46. The van der Waals surface area contributed by atoms with E-state index in [1.165, 1.54) is 0 Å². The summed E-state index contributed by atoms with van der Waals surface area (Å²) in [5.41, 5.74) is 1.10. The molecule has 1 radical (unpaired) electrons. The van der Waals surface area contributed by atoms with Gasteiger partial charge in [-0.2, -0.15) is 0 Å². The number of piperazine rings is 1. The van der Waals surface area contributed by atoms with Crippen molar-refractivity contribution in [2.24, 2.45) is 0 Å². The summed E-state index contributed by atoms with van der Waals surface area (Å²) in [7, 11) is 4.89.